The van der Waals surface area contributed by atoms with Crippen molar-refractivity contribution in [3.8, 4) is 0 Å². The summed E-state index contributed by atoms with van der Waals surface area (Å²) in [5, 5.41) is 3.15. The van der Waals surface area contributed by atoms with Crippen LogP contribution in [-0.4, -0.2) is 43.5 Å². The molecule has 0 spiro atoms. The molecule has 1 N–H and O–H groups in total. The first-order valence-electron chi connectivity index (χ1n) is 8.24. The maximum Gasteiger partial charge on any atom is 0.338 e. The van der Waals surface area contributed by atoms with Crippen LogP contribution >= 0.6 is 0 Å². The number of ether oxygens (including phenoxy) is 1. The normalized spacial score (nSPS) is 15.0. The SMILES string of the molecule is COC(=O)c1cc(NCC(=O)N2CCCCCC2)cc(C)c1C. The second-order valence-corrected chi connectivity index (χ2v) is 6.11. The topological polar surface area (TPSA) is 58.6 Å². The van der Waals surface area contributed by atoms with Crippen LogP contribution in [0, 0.1) is 13.8 Å². The van der Waals surface area contributed by atoms with Crippen LogP contribution in [0.15, 0.2) is 12.1 Å². The summed E-state index contributed by atoms with van der Waals surface area (Å²) in [5.74, 6) is -0.238. The summed E-state index contributed by atoms with van der Waals surface area (Å²) < 4.78 is 4.82. The van der Waals surface area contributed by atoms with Gasteiger partial charge in [0.05, 0.1) is 19.2 Å². The number of rotatable bonds is 4. The number of hydrogen-bond acceptors (Lipinski definition) is 4. The predicted molar refractivity (Wildman–Crippen MR) is 90.8 cm³/mol. The summed E-state index contributed by atoms with van der Waals surface area (Å²) in [5.41, 5.74) is 3.22. The minimum absolute atomic E-state index is 0.116. The van der Waals surface area contributed by atoms with Crippen molar-refractivity contribution < 1.29 is 14.3 Å². The van der Waals surface area contributed by atoms with Gasteiger partial charge in [-0.1, -0.05) is 12.8 Å². The molecule has 1 aliphatic rings. The molecule has 0 atom stereocenters. The first-order valence-corrected chi connectivity index (χ1v) is 8.24. The number of likely N-dealkylation sites (tertiary alicyclic amines) is 1. The van der Waals surface area contributed by atoms with Crippen molar-refractivity contribution in [1.82, 2.24) is 4.90 Å². The number of nitrogens with one attached hydrogen (secondary N) is 1. The van der Waals surface area contributed by atoms with Crippen molar-refractivity contribution in [2.24, 2.45) is 0 Å². The summed E-state index contributed by atoms with van der Waals surface area (Å²) in [6.45, 7) is 5.79. The third-order valence-electron chi connectivity index (χ3n) is 4.48. The molecule has 0 aromatic heterocycles. The molecule has 5 nitrogen and oxygen atoms in total. The molecule has 0 radical (unpaired) electrons. The van der Waals surface area contributed by atoms with E-state index >= 15 is 0 Å². The summed E-state index contributed by atoms with van der Waals surface area (Å²) >= 11 is 0. The minimum Gasteiger partial charge on any atom is -0.465 e. The van der Waals surface area contributed by atoms with E-state index in [0.29, 0.717) is 5.56 Å². The average Bonchev–Trinajstić information content (AvgIpc) is 2.84. The van der Waals surface area contributed by atoms with Crippen LogP contribution in [0.25, 0.3) is 0 Å². The van der Waals surface area contributed by atoms with E-state index in [2.05, 4.69) is 5.32 Å². The van der Waals surface area contributed by atoms with E-state index in [-0.39, 0.29) is 18.4 Å². The van der Waals surface area contributed by atoms with Crippen molar-refractivity contribution in [3.05, 3.63) is 28.8 Å². The Labute approximate surface area is 138 Å². The number of methoxy groups -OCH3 is 1. The first-order chi connectivity index (χ1) is 11.0. The molecule has 1 amide bonds. The molecule has 5 heteroatoms. The molecule has 0 unspecified atom stereocenters. The number of nitrogens with zero attached hydrogens (tertiary/aromatic N) is 1. The van der Waals surface area contributed by atoms with Crippen molar-refractivity contribution in [2.75, 3.05) is 32.1 Å². The fourth-order valence-corrected chi connectivity index (χ4v) is 2.89. The number of benzene rings is 1. The quantitative estimate of drug-likeness (QED) is 0.867. The second kappa shape index (κ2) is 7.99. The third-order valence-corrected chi connectivity index (χ3v) is 4.48. The number of aryl methyl sites for hydroxylation is 1. The van der Waals surface area contributed by atoms with Crippen LogP contribution in [0.5, 0.6) is 0 Å². The van der Waals surface area contributed by atoms with Crippen LogP contribution in [0.2, 0.25) is 0 Å². The lowest BCUT2D eigenvalue weighted by Gasteiger charge is -2.21. The molecule has 1 aromatic rings. The van der Waals surface area contributed by atoms with Gasteiger partial charge in [0, 0.05) is 18.8 Å². The van der Waals surface area contributed by atoms with Crippen LogP contribution in [-0.2, 0) is 9.53 Å². The number of esters is 1. The Kier molecular flexibility index (Phi) is 6.02. The van der Waals surface area contributed by atoms with Crippen LogP contribution in [0.3, 0.4) is 0 Å². The lowest BCUT2D eigenvalue weighted by atomic mass is 10.0. The van der Waals surface area contributed by atoms with Crippen molar-refractivity contribution in [2.45, 2.75) is 39.5 Å². The number of anilines is 1. The van der Waals surface area contributed by atoms with Crippen molar-refractivity contribution in [1.29, 1.82) is 0 Å². The van der Waals surface area contributed by atoms with Crippen LogP contribution in [0.1, 0.15) is 47.2 Å². The molecular formula is C18H26N2O3. The van der Waals surface area contributed by atoms with Gasteiger partial charge in [-0.05, 0) is 49.9 Å². The highest BCUT2D eigenvalue weighted by Crippen LogP contribution is 2.21. The zero-order valence-electron chi connectivity index (χ0n) is 14.3. The van der Waals surface area contributed by atoms with Gasteiger partial charge in [0.2, 0.25) is 5.91 Å². The number of carbonyl (C=O) groups excluding carboxylic acids is 2. The van der Waals surface area contributed by atoms with Crippen molar-refractivity contribution >= 4 is 17.6 Å². The zero-order valence-corrected chi connectivity index (χ0v) is 14.3. The van der Waals surface area contributed by atoms with E-state index < -0.39 is 0 Å². The third kappa shape index (κ3) is 4.47. The molecule has 1 aliphatic heterocycles. The molecule has 1 fully saturated rings. The lowest BCUT2D eigenvalue weighted by Crippen LogP contribution is -2.36. The Morgan fingerprint density at radius 1 is 1.13 bits per heavy atom. The zero-order chi connectivity index (χ0) is 16.8. The monoisotopic (exact) mass is 318 g/mol. The van der Waals surface area contributed by atoms with Gasteiger partial charge in [-0.15, -0.1) is 0 Å². The molecule has 23 heavy (non-hydrogen) atoms. The van der Waals surface area contributed by atoms with Gasteiger partial charge in [-0.2, -0.15) is 0 Å². The van der Waals surface area contributed by atoms with Gasteiger partial charge in [0.25, 0.3) is 0 Å². The molecule has 126 valence electrons. The summed E-state index contributed by atoms with van der Waals surface area (Å²) in [6.07, 6.45) is 4.58. The fraction of sp³-hybridized carbons (Fsp3) is 0.556. The highest BCUT2D eigenvalue weighted by Gasteiger charge is 2.16. The van der Waals surface area contributed by atoms with Crippen LogP contribution in [0.4, 0.5) is 5.69 Å². The summed E-state index contributed by atoms with van der Waals surface area (Å²) in [4.78, 5) is 26.1. The molecule has 1 heterocycles. The van der Waals surface area contributed by atoms with E-state index in [1.165, 1.54) is 20.0 Å². The molecule has 0 aliphatic carbocycles. The first kappa shape index (κ1) is 17.3. The van der Waals surface area contributed by atoms with E-state index in [1.54, 1.807) is 6.07 Å². The van der Waals surface area contributed by atoms with Gasteiger partial charge < -0.3 is 15.0 Å². The van der Waals surface area contributed by atoms with E-state index in [0.717, 1.165) is 42.7 Å². The van der Waals surface area contributed by atoms with Gasteiger partial charge in [0.1, 0.15) is 0 Å². The smallest absolute Gasteiger partial charge is 0.338 e. The van der Waals surface area contributed by atoms with Gasteiger partial charge in [-0.25, -0.2) is 4.79 Å². The van der Waals surface area contributed by atoms with Crippen molar-refractivity contribution in [3.63, 3.8) is 0 Å². The molecule has 0 saturated carbocycles. The summed E-state index contributed by atoms with van der Waals surface area (Å²) in [7, 11) is 1.38. The second-order valence-electron chi connectivity index (χ2n) is 6.11. The Morgan fingerprint density at radius 3 is 2.39 bits per heavy atom. The maximum atomic E-state index is 12.3. The molecular weight excluding hydrogens is 292 g/mol. The highest BCUT2D eigenvalue weighted by molar-refractivity contribution is 5.93. The fourth-order valence-electron chi connectivity index (χ4n) is 2.89. The van der Waals surface area contributed by atoms with Gasteiger partial charge in [-0.3, -0.25) is 4.79 Å². The molecule has 2 rings (SSSR count). The number of amides is 1. The van der Waals surface area contributed by atoms with Gasteiger partial charge >= 0.3 is 5.97 Å². The van der Waals surface area contributed by atoms with E-state index in [9.17, 15) is 9.59 Å². The number of hydrogen-bond donors (Lipinski definition) is 1. The average molecular weight is 318 g/mol. The molecule has 1 aromatic carbocycles. The molecule has 0 bridgehead atoms. The predicted octanol–water partition coefficient (Wildman–Crippen LogP) is 2.90. The van der Waals surface area contributed by atoms with Gasteiger partial charge in [0.15, 0.2) is 0 Å². The summed E-state index contributed by atoms with van der Waals surface area (Å²) in [6, 6.07) is 3.71. The Bertz CT molecular complexity index is 576. The van der Waals surface area contributed by atoms with E-state index in [1.807, 2.05) is 24.8 Å². The Balaban J connectivity index is 2.03. The van der Waals surface area contributed by atoms with E-state index in [4.69, 9.17) is 4.74 Å². The maximum absolute atomic E-state index is 12.3. The minimum atomic E-state index is -0.354. The Hall–Kier alpha value is -2.04. The largest absolute Gasteiger partial charge is 0.465 e. The molecule has 1 saturated heterocycles. The highest BCUT2D eigenvalue weighted by atomic mass is 16.5. The van der Waals surface area contributed by atoms with Crippen LogP contribution < -0.4 is 5.32 Å². The Morgan fingerprint density at radius 2 is 1.78 bits per heavy atom. The lowest BCUT2D eigenvalue weighted by molar-refractivity contribution is -0.129. The number of carbonyl (C=O) groups is 2. The standard InChI is InChI=1S/C18H26N2O3/c1-13-10-15(11-16(14(13)2)18(22)23-3)19-12-17(21)20-8-6-4-5-7-9-20/h10-11,19H,4-9,12H2,1-3H3.